The molecule has 1 aliphatic heterocycles. The second-order valence-electron chi connectivity index (χ2n) is 9.81. The fourth-order valence-corrected chi connectivity index (χ4v) is 4.91. The first-order valence-corrected chi connectivity index (χ1v) is 12.4. The van der Waals surface area contributed by atoms with Crippen molar-refractivity contribution in [3.63, 3.8) is 0 Å². The van der Waals surface area contributed by atoms with Crippen molar-refractivity contribution in [2.24, 2.45) is 0 Å². The molecular weight excluding hydrogens is 495 g/mol. The lowest BCUT2D eigenvalue weighted by Crippen LogP contribution is -2.52. The number of piperazine rings is 1. The number of H-pyrrole nitrogens is 1. The number of hydrogen-bond acceptors (Lipinski definition) is 5. The Labute approximate surface area is 218 Å². The fourth-order valence-electron chi connectivity index (χ4n) is 4.66. The molecule has 8 nitrogen and oxygen atoms in total. The van der Waals surface area contributed by atoms with Crippen LogP contribution in [-0.2, 0) is 10.2 Å². The number of nitrogens with one attached hydrogen (secondary N) is 2. The smallest absolute Gasteiger partial charge is 0.276 e. The minimum absolute atomic E-state index is 0.0966. The van der Waals surface area contributed by atoms with Gasteiger partial charge in [-0.15, -0.1) is 0 Å². The van der Waals surface area contributed by atoms with Crippen molar-refractivity contribution < 1.29 is 9.18 Å². The highest BCUT2D eigenvalue weighted by Gasteiger charge is 2.34. The summed E-state index contributed by atoms with van der Waals surface area (Å²) in [4.78, 5) is 37.3. The third-order valence-corrected chi connectivity index (χ3v) is 7.26. The number of imidazole rings is 1. The van der Waals surface area contributed by atoms with Gasteiger partial charge in [0.15, 0.2) is 17.2 Å². The molecular formula is C27H28ClFN6O2. The van der Waals surface area contributed by atoms with Crippen molar-refractivity contribution in [1.29, 1.82) is 0 Å². The molecule has 0 aliphatic carbocycles. The number of rotatable bonds is 5. The van der Waals surface area contributed by atoms with Gasteiger partial charge in [0.25, 0.3) is 5.56 Å². The Morgan fingerprint density at radius 2 is 1.81 bits per heavy atom. The number of aromatic amines is 1. The van der Waals surface area contributed by atoms with E-state index in [0.29, 0.717) is 18.8 Å². The number of anilines is 2. The first kappa shape index (κ1) is 25.0. The number of aromatic nitrogens is 3. The zero-order valence-corrected chi connectivity index (χ0v) is 21.6. The van der Waals surface area contributed by atoms with Crippen molar-refractivity contribution in [3.05, 3.63) is 81.6 Å². The van der Waals surface area contributed by atoms with Gasteiger partial charge in [0.2, 0.25) is 5.91 Å². The zero-order valence-electron chi connectivity index (χ0n) is 20.9. The van der Waals surface area contributed by atoms with Crippen LogP contribution in [0.5, 0.6) is 0 Å². The number of hydrogen-bond donors (Lipinski definition) is 2. The van der Waals surface area contributed by atoms with Crippen LogP contribution in [0.25, 0.3) is 16.9 Å². The summed E-state index contributed by atoms with van der Waals surface area (Å²) in [5, 5.41) is 3.36. The van der Waals surface area contributed by atoms with Crippen LogP contribution in [0.2, 0.25) is 5.02 Å². The Kier molecular flexibility index (Phi) is 6.51. The maximum absolute atomic E-state index is 14.7. The standard InChI is InChI=1S/C27H28ClFN6O2/c1-27(2,26(37)34-15-13-33(3)14-16-34)17-7-9-18(10-8-17)31-23-22-25(36)30-11-12-35(22)24(32-23)21-19(28)5-4-6-20(21)29/h4-12,31H,13-16H2,1-3H3,(H,30,36). The number of benzene rings is 2. The maximum atomic E-state index is 14.7. The molecule has 0 radical (unpaired) electrons. The Morgan fingerprint density at radius 3 is 2.49 bits per heavy atom. The molecule has 1 saturated heterocycles. The lowest BCUT2D eigenvalue weighted by molar-refractivity contribution is -0.137. The molecule has 5 rings (SSSR count). The van der Waals surface area contributed by atoms with Crippen molar-refractivity contribution >= 4 is 34.5 Å². The highest BCUT2D eigenvalue weighted by atomic mass is 35.5. The first-order valence-electron chi connectivity index (χ1n) is 12.1. The highest BCUT2D eigenvalue weighted by molar-refractivity contribution is 6.33. The van der Waals surface area contributed by atoms with Crippen LogP contribution in [0.4, 0.5) is 15.9 Å². The zero-order chi connectivity index (χ0) is 26.3. The monoisotopic (exact) mass is 522 g/mol. The van der Waals surface area contributed by atoms with E-state index in [9.17, 15) is 14.0 Å². The molecule has 37 heavy (non-hydrogen) atoms. The van der Waals surface area contributed by atoms with Gasteiger partial charge in [0, 0.05) is 44.3 Å². The average Bonchev–Trinajstić information content (AvgIpc) is 3.23. The van der Waals surface area contributed by atoms with E-state index in [1.807, 2.05) is 43.0 Å². The molecule has 0 spiro atoms. The first-order chi connectivity index (χ1) is 17.7. The average molecular weight is 523 g/mol. The summed E-state index contributed by atoms with van der Waals surface area (Å²) in [6.07, 6.45) is 3.07. The molecule has 0 unspecified atom stereocenters. The van der Waals surface area contributed by atoms with Gasteiger partial charge in [-0.1, -0.05) is 29.8 Å². The predicted molar refractivity (Wildman–Crippen MR) is 143 cm³/mol. The van der Waals surface area contributed by atoms with E-state index in [-0.39, 0.29) is 39.2 Å². The molecule has 2 aromatic heterocycles. The summed E-state index contributed by atoms with van der Waals surface area (Å²) < 4.78 is 16.2. The number of amides is 1. The van der Waals surface area contributed by atoms with Crippen molar-refractivity contribution in [2.75, 3.05) is 38.5 Å². The number of halogens is 2. The topological polar surface area (TPSA) is 85.7 Å². The van der Waals surface area contributed by atoms with Gasteiger partial charge in [0.05, 0.1) is 16.0 Å². The summed E-state index contributed by atoms with van der Waals surface area (Å²) in [6, 6.07) is 11.9. The SMILES string of the molecule is CN1CCN(C(=O)C(C)(C)c2ccc(Nc3nc(-c4c(F)cccc4Cl)n4cc[nH]c(=O)c34)cc2)CC1. The van der Waals surface area contributed by atoms with Gasteiger partial charge < -0.3 is 20.1 Å². The summed E-state index contributed by atoms with van der Waals surface area (Å²) in [7, 11) is 2.06. The lowest BCUT2D eigenvalue weighted by Gasteiger charge is -2.37. The van der Waals surface area contributed by atoms with E-state index in [1.165, 1.54) is 22.7 Å². The minimum Gasteiger partial charge on any atom is -0.339 e. The second-order valence-corrected chi connectivity index (χ2v) is 10.2. The van der Waals surface area contributed by atoms with Gasteiger partial charge >= 0.3 is 0 Å². The normalized spacial score (nSPS) is 14.8. The summed E-state index contributed by atoms with van der Waals surface area (Å²) in [5.41, 5.74) is 0.812. The van der Waals surface area contributed by atoms with Crippen LogP contribution < -0.4 is 10.9 Å². The minimum atomic E-state index is -0.693. The Hall–Kier alpha value is -3.69. The van der Waals surface area contributed by atoms with Crippen LogP contribution >= 0.6 is 11.6 Å². The van der Waals surface area contributed by atoms with Gasteiger partial charge in [-0.2, -0.15) is 0 Å². The number of carbonyl (C=O) groups is 1. The second kappa shape index (κ2) is 9.64. The van der Waals surface area contributed by atoms with Crippen LogP contribution in [0.3, 0.4) is 0 Å². The van der Waals surface area contributed by atoms with Gasteiger partial charge in [0.1, 0.15) is 5.82 Å². The molecule has 1 fully saturated rings. The molecule has 2 aromatic carbocycles. The van der Waals surface area contributed by atoms with Crippen LogP contribution in [0, 0.1) is 5.82 Å². The van der Waals surface area contributed by atoms with E-state index >= 15 is 0 Å². The molecule has 3 heterocycles. The Bertz CT molecular complexity index is 1500. The molecule has 0 atom stereocenters. The number of fused-ring (bicyclic) bond motifs is 1. The van der Waals surface area contributed by atoms with E-state index in [4.69, 9.17) is 11.6 Å². The van der Waals surface area contributed by atoms with Crippen molar-refractivity contribution in [2.45, 2.75) is 19.3 Å². The molecule has 10 heteroatoms. The summed E-state index contributed by atoms with van der Waals surface area (Å²) in [5.74, 6) is 0.0288. The third kappa shape index (κ3) is 4.60. The maximum Gasteiger partial charge on any atom is 0.276 e. The van der Waals surface area contributed by atoms with E-state index < -0.39 is 11.2 Å². The van der Waals surface area contributed by atoms with Crippen LogP contribution in [0.1, 0.15) is 19.4 Å². The number of likely N-dealkylation sites (N-methyl/N-ethyl adjacent to an activating group) is 1. The van der Waals surface area contributed by atoms with Crippen LogP contribution in [-0.4, -0.2) is 63.3 Å². The van der Waals surface area contributed by atoms with E-state index in [0.717, 1.165) is 18.7 Å². The summed E-state index contributed by atoms with van der Waals surface area (Å²) >= 11 is 6.29. The molecule has 0 bridgehead atoms. The largest absolute Gasteiger partial charge is 0.339 e. The molecule has 0 saturated carbocycles. The Balaban J connectivity index is 1.45. The quantitative estimate of drug-likeness (QED) is 0.409. The third-order valence-electron chi connectivity index (χ3n) is 6.95. The van der Waals surface area contributed by atoms with E-state index in [2.05, 4.69) is 27.2 Å². The summed E-state index contributed by atoms with van der Waals surface area (Å²) in [6.45, 7) is 7.03. The molecule has 4 aromatic rings. The number of carbonyl (C=O) groups excluding carboxylic acids is 1. The van der Waals surface area contributed by atoms with Gasteiger partial charge in [-0.3, -0.25) is 14.0 Å². The van der Waals surface area contributed by atoms with Crippen molar-refractivity contribution in [3.8, 4) is 11.4 Å². The molecule has 2 N–H and O–H groups in total. The Morgan fingerprint density at radius 1 is 1.11 bits per heavy atom. The highest BCUT2D eigenvalue weighted by Crippen LogP contribution is 2.33. The van der Waals surface area contributed by atoms with Crippen LogP contribution in [0.15, 0.2) is 59.7 Å². The predicted octanol–water partition coefficient (Wildman–Crippen LogP) is 4.28. The van der Waals surface area contributed by atoms with Gasteiger partial charge in [-0.25, -0.2) is 9.37 Å². The molecule has 1 aliphatic rings. The molecule has 192 valence electrons. The fraction of sp³-hybridized carbons (Fsp3) is 0.296. The lowest BCUT2D eigenvalue weighted by atomic mass is 9.83. The molecule has 1 amide bonds. The van der Waals surface area contributed by atoms with Gasteiger partial charge in [-0.05, 0) is 50.7 Å². The van der Waals surface area contributed by atoms with E-state index in [1.54, 1.807) is 12.3 Å². The van der Waals surface area contributed by atoms with Crippen molar-refractivity contribution in [1.82, 2.24) is 24.2 Å². The number of nitrogens with zero attached hydrogens (tertiary/aromatic N) is 4.